The largest absolute Gasteiger partial charge is 0.284 e. The molecule has 0 aliphatic carbocycles. The summed E-state index contributed by atoms with van der Waals surface area (Å²) in [5.74, 6) is 0.282. The van der Waals surface area contributed by atoms with Gasteiger partial charge in [0, 0.05) is 10.6 Å². The van der Waals surface area contributed by atoms with Crippen molar-refractivity contribution >= 4 is 10.8 Å². The van der Waals surface area contributed by atoms with Crippen molar-refractivity contribution in [3.05, 3.63) is 57.5 Å². The first kappa shape index (κ1) is 15.1. The monoisotopic (exact) mass is 301 g/mol. The van der Waals surface area contributed by atoms with Gasteiger partial charge in [0.1, 0.15) is 11.6 Å². The first-order valence-electron chi connectivity index (χ1n) is 6.46. The molecule has 21 heavy (non-hydrogen) atoms. The van der Waals surface area contributed by atoms with Crippen LogP contribution in [0.25, 0.3) is 0 Å². The molecule has 0 aliphatic rings. The number of nitrogens with zero attached hydrogens (tertiary/aromatic N) is 3. The second-order valence-electron chi connectivity index (χ2n) is 4.59. The zero-order valence-corrected chi connectivity index (χ0v) is 12.7. The lowest BCUT2D eigenvalue weighted by Gasteiger charge is -2.08. The molecule has 1 aromatic heterocycles. The number of hydrogen-bond donors (Lipinski definition) is 0. The zero-order valence-electron chi connectivity index (χ0n) is 11.9. The van der Waals surface area contributed by atoms with Crippen LogP contribution >= 0.6 is 0 Å². The average molecular weight is 301 g/mol. The minimum absolute atomic E-state index is 0.105. The van der Waals surface area contributed by atoms with Crippen LogP contribution in [-0.2, 0) is 17.3 Å². The number of benzene rings is 1. The molecule has 0 radical (unpaired) electrons. The standard InChI is InChI=1S/C15H15N3O2S/c1-11-12(2)17-18(15(19)14(11)10-16)8-9-21(20)13-6-4-3-5-7-13/h3-7H,8-9H2,1-2H3. The van der Waals surface area contributed by atoms with Gasteiger partial charge < -0.3 is 0 Å². The molecule has 1 aromatic carbocycles. The van der Waals surface area contributed by atoms with Crippen LogP contribution in [0.1, 0.15) is 16.8 Å². The Labute approximate surface area is 125 Å². The molecule has 108 valence electrons. The SMILES string of the molecule is Cc1nn(CCS(=O)c2ccccc2)c(=O)c(C#N)c1C. The van der Waals surface area contributed by atoms with Crippen molar-refractivity contribution in [3.8, 4) is 6.07 Å². The summed E-state index contributed by atoms with van der Waals surface area (Å²) in [5, 5.41) is 13.2. The van der Waals surface area contributed by atoms with Crippen molar-refractivity contribution in [3.63, 3.8) is 0 Å². The van der Waals surface area contributed by atoms with E-state index in [9.17, 15) is 9.00 Å². The molecule has 1 heterocycles. The molecule has 0 saturated carbocycles. The number of rotatable bonds is 4. The summed E-state index contributed by atoms with van der Waals surface area (Å²) in [6.45, 7) is 3.67. The first-order chi connectivity index (χ1) is 10.0. The Morgan fingerprint density at radius 3 is 2.57 bits per heavy atom. The normalized spacial score (nSPS) is 11.9. The molecule has 0 spiro atoms. The second-order valence-corrected chi connectivity index (χ2v) is 6.16. The van der Waals surface area contributed by atoms with E-state index in [1.807, 2.05) is 24.3 Å². The van der Waals surface area contributed by atoms with Gasteiger partial charge in [0.25, 0.3) is 5.56 Å². The van der Waals surface area contributed by atoms with Gasteiger partial charge in [0.05, 0.1) is 23.0 Å². The third-order valence-electron chi connectivity index (χ3n) is 3.24. The van der Waals surface area contributed by atoms with Crippen molar-refractivity contribution in [1.29, 1.82) is 5.26 Å². The molecular formula is C15H15N3O2S. The van der Waals surface area contributed by atoms with Crippen LogP contribution in [0.2, 0.25) is 0 Å². The Bertz CT molecular complexity index is 776. The molecule has 1 atom stereocenters. The lowest BCUT2D eigenvalue weighted by atomic mass is 10.1. The van der Waals surface area contributed by atoms with E-state index < -0.39 is 16.4 Å². The highest BCUT2D eigenvalue weighted by Crippen LogP contribution is 2.07. The first-order valence-corrected chi connectivity index (χ1v) is 7.78. The van der Waals surface area contributed by atoms with Gasteiger partial charge in [-0.25, -0.2) is 4.68 Å². The zero-order chi connectivity index (χ0) is 15.4. The number of aromatic nitrogens is 2. The lowest BCUT2D eigenvalue weighted by molar-refractivity contribution is 0.598. The van der Waals surface area contributed by atoms with Crippen LogP contribution in [0.3, 0.4) is 0 Å². The summed E-state index contributed by atoms with van der Waals surface area (Å²) in [6, 6.07) is 11.0. The molecule has 0 N–H and O–H groups in total. The maximum absolute atomic E-state index is 12.1. The van der Waals surface area contributed by atoms with Crippen molar-refractivity contribution in [2.24, 2.45) is 0 Å². The molecule has 1 unspecified atom stereocenters. The van der Waals surface area contributed by atoms with Gasteiger partial charge in [-0.15, -0.1) is 0 Å². The van der Waals surface area contributed by atoms with Crippen LogP contribution in [-0.4, -0.2) is 19.7 Å². The van der Waals surface area contributed by atoms with Crippen LogP contribution < -0.4 is 5.56 Å². The molecule has 0 amide bonds. The van der Waals surface area contributed by atoms with Gasteiger partial charge in [-0.2, -0.15) is 10.4 Å². The quantitative estimate of drug-likeness (QED) is 0.858. The molecule has 0 saturated heterocycles. The minimum Gasteiger partial charge on any atom is -0.266 e. The molecule has 5 nitrogen and oxygen atoms in total. The Hall–Kier alpha value is -2.26. The van der Waals surface area contributed by atoms with Crippen molar-refractivity contribution in [1.82, 2.24) is 9.78 Å². The van der Waals surface area contributed by atoms with Crippen LogP contribution in [0.15, 0.2) is 40.0 Å². The summed E-state index contributed by atoms with van der Waals surface area (Å²) in [6.07, 6.45) is 0. The van der Waals surface area contributed by atoms with E-state index >= 15 is 0 Å². The molecule has 6 heteroatoms. The highest BCUT2D eigenvalue weighted by atomic mass is 32.2. The van der Waals surface area contributed by atoms with E-state index in [1.165, 1.54) is 4.68 Å². The van der Waals surface area contributed by atoms with Crippen LogP contribution in [0, 0.1) is 25.2 Å². The van der Waals surface area contributed by atoms with Crippen LogP contribution in [0.5, 0.6) is 0 Å². The smallest absolute Gasteiger partial charge is 0.266 e. The van der Waals surface area contributed by atoms with Crippen molar-refractivity contribution in [2.45, 2.75) is 25.3 Å². The Kier molecular flexibility index (Phi) is 4.66. The molecular weight excluding hydrogens is 286 g/mol. The highest BCUT2D eigenvalue weighted by Gasteiger charge is 2.12. The predicted octanol–water partition coefficient (Wildman–Crippen LogP) is 1.54. The summed E-state index contributed by atoms with van der Waals surface area (Å²) in [5.41, 5.74) is 0.915. The topological polar surface area (TPSA) is 75.8 Å². The molecule has 0 aliphatic heterocycles. The van der Waals surface area contributed by atoms with Gasteiger partial charge in [-0.1, -0.05) is 18.2 Å². The predicted molar refractivity (Wildman–Crippen MR) is 80.4 cm³/mol. The third kappa shape index (κ3) is 3.26. The van der Waals surface area contributed by atoms with Gasteiger partial charge in [0.15, 0.2) is 0 Å². The van der Waals surface area contributed by atoms with Gasteiger partial charge in [0.2, 0.25) is 0 Å². The number of nitriles is 1. The van der Waals surface area contributed by atoms with Crippen LogP contribution in [0.4, 0.5) is 0 Å². The van der Waals surface area contributed by atoms with Crippen molar-refractivity contribution in [2.75, 3.05) is 5.75 Å². The maximum Gasteiger partial charge on any atom is 0.284 e. The fraction of sp³-hybridized carbons (Fsp3) is 0.267. The van der Waals surface area contributed by atoms with E-state index in [2.05, 4.69) is 5.10 Å². The Morgan fingerprint density at radius 2 is 1.95 bits per heavy atom. The highest BCUT2D eigenvalue weighted by molar-refractivity contribution is 7.85. The molecule has 2 rings (SSSR count). The summed E-state index contributed by atoms with van der Waals surface area (Å²) in [7, 11) is -1.20. The number of hydrogen-bond acceptors (Lipinski definition) is 4. The number of aryl methyl sites for hydroxylation is 2. The minimum atomic E-state index is -1.20. The molecule has 2 aromatic rings. The van der Waals surface area contributed by atoms with E-state index in [4.69, 9.17) is 5.26 Å². The Morgan fingerprint density at radius 1 is 1.29 bits per heavy atom. The summed E-state index contributed by atoms with van der Waals surface area (Å²) >= 11 is 0. The van der Waals surface area contributed by atoms with E-state index in [1.54, 1.807) is 26.0 Å². The molecule has 0 bridgehead atoms. The fourth-order valence-electron chi connectivity index (χ4n) is 1.91. The van der Waals surface area contributed by atoms with E-state index in [-0.39, 0.29) is 17.9 Å². The maximum atomic E-state index is 12.1. The van der Waals surface area contributed by atoms with E-state index in [0.717, 1.165) is 4.90 Å². The average Bonchev–Trinajstić information content (AvgIpc) is 2.51. The second kappa shape index (κ2) is 6.46. The van der Waals surface area contributed by atoms with Gasteiger partial charge in [-0.3, -0.25) is 9.00 Å². The summed E-state index contributed by atoms with van der Waals surface area (Å²) < 4.78 is 13.4. The van der Waals surface area contributed by atoms with Gasteiger partial charge >= 0.3 is 0 Å². The molecule has 0 fully saturated rings. The van der Waals surface area contributed by atoms with Gasteiger partial charge in [-0.05, 0) is 31.5 Å². The third-order valence-corrected chi connectivity index (χ3v) is 4.59. The van der Waals surface area contributed by atoms with Crippen molar-refractivity contribution < 1.29 is 4.21 Å². The van der Waals surface area contributed by atoms with E-state index in [0.29, 0.717) is 11.3 Å². The lowest BCUT2D eigenvalue weighted by Crippen LogP contribution is -2.29. The fourth-order valence-corrected chi connectivity index (χ4v) is 2.95. The Balaban J connectivity index is 2.22. The summed E-state index contributed by atoms with van der Waals surface area (Å²) in [4.78, 5) is 12.8.